The summed E-state index contributed by atoms with van der Waals surface area (Å²) >= 11 is 0. The molecular weight excluding hydrogens is 332 g/mol. The minimum Gasteiger partial charge on any atom is -0.496 e. The number of para-hydroxylation sites is 1. The van der Waals surface area contributed by atoms with Crippen LogP contribution in [-0.2, 0) is 20.9 Å². The lowest BCUT2D eigenvalue weighted by Crippen LogP contribution is -2.41. The first-order valence-electron chi connectivity index (χ1n) is 8.33. The van der Waals surface area contributed by atoms with Crippen LogP contribution in [0.2, 0.25) is 0 Å². The summed E-state index contributed by atoms with van der Waals surface area (Å²) < 4.78 is 10.7. The molecule has 0 saturated carbocycles. The molecule has 2 aromatic carbocycles. The quantitative estimate of drug-likeness (QED) is 0.745. The smallest absolute Gasteiger partial charge is 0.309 e. The molecule has 2 aromatic rings. The SMILES string of the molecule is COc1ccccc1CNC(=O)C(=O)NCC(OC)c1ccccc1C. The molecule has 0 fully saturated rings. The second-order valence-electron chi connectivity index (χ2n) is 5.79. The molecule has 26 heavy (non-hydrogen) atoms. The minimum atomic E-state index is -0.699. The molecule has 0 spiro atoms. The number of benzene rings is 2. The van der Waals surface area contributed by atoms with Gasteiger partial charge in [0.1, 0.15) is 5.75 Å². The van der Waals surface area contributed by atoms with Crippen LogP contribution in [0.3, 0.4) is 0 Å². The first kappa shape index (κ1) is 19.5. The molecule has 0 bridgehead atoms. The Kier molecular flexibility index (Phi) is 7.17. The fourth-order valence-corrected chi connectivity index (χ4v) is 2.64. The Balaban J connectivity index is 1.88. The second kappa shape index (κ2) is 9.58. The van der Waals surface area contributed by atoms with Crippen LogP contribution in [0.4, 0.5) is 0 Å². The van der Waals surface area contributed by atoms with Gasteiger partial charge in [-0.25, -0.2) is 0 Å². The standard InChI is InChI=1S/C20H24N2O4/c1-14-8-4-6-10-16(14)18(26-3)13-22-20(24)19(23)21-12-15-9-5-7-11-17(15)25-2/h4-11,18H,12-13H2,1-3H3,(H,21,23)(H,22,24). The highest BCUT2D eigenvalue weighted by Crippen LogP contribution is 2.19. The van der Waals surface area contributed by atoms with Crippen molar-refractivity contribution < 1.29 is 19.1 Å². The Bertz CT molecular complexity index is 761. The largest absolute Gasteiger partial charge is 0.496 e. The fourth-order valence-electron chi connectivity index (χ4n) is 2.64. The van der Waals surface area contributed by atoms with Gasteiger partial charge in [-0.2, -0.15) is 0 Å². The number of hydrogen-bond acceptors (Lipinski definition) is 4. The molecule has 0 radical (unpaired) electrons. The number of nitrogens with one attached hydrogen (secondary N) is 2. The van der Waals surface area contributed by atoms with Crippen LogP contribution >= 0.6 is 0 Å². The molecule has 0 saturated heterocycles. The number of carbonyl (C=O) groups is 2. The number of rotatable bonds is 7. The lowest BCUT2D eigenvalue weighted by Gasteiger charge is -2.18. The van der Waals surface area contributed by atoms with E-state index in [-0.39, 0.29) is 19.2 Å². The summed E-state index contributed by atoms with van der Waals surface area (Å²) in [5.41, 5.74) is 2.84. The Morgan fingerprint density at radius 1 is 0.962 bits per heavy atom. The number of hydrogen-bond donors (Lipinski definition) is 2. The maximum atomic E-state index is 12.0. The zero-order valence-electron chi connectivity index (χ0n) is 15.2. The fraction of sp³-hybridized carbons (Fsp3) is 0.300. The summed E-state index contributed by atoms with van der Waals surface area (Å²) in [7, 11) is 3.13. The molecule has 138 valence electrons. The van der Waals surface area contributed by atoms with E-state index in [1.54, 1.807) is 20.3 Å². The normalized spacial score (nSPS) is 11.5. The van der Waals surface area contributed by atoms with Gasteiger partial charge in [-0.3, -0.25) is 9.59 Å². The van der Waals surface area contributed by atoms with Crippen LogP contribution in [-0.4, -0.2) is 32.6 Å². The zero-order valence-corrected chi connectivity index (χ0v) is 15.2. The van der Waals surface area contributed by atoms with E-state index >= 15 is 0 Å². The highest BCUT2D eigenvalue weighted by Gasteiger charge is 2.18. The second-order valence-corrected chi connectivity index (χ2v) is 5.79. The number of carbonyl (C=O) groups excluding carboxylic acids is 2. The van der Waals surface area contributed by atoms with Gasteiger partial charge in [0, 0.05) is 25.8 Å². The predicted octanol–water partition coefficient (Wildman–Crippen LogP) is 2.12. The van der Waals surface area contributed by atoms with E-state index in [0.29, 0.717) is 5.75 Å². The van der Waals surface area contributed by atoms with Crippen LogP contribution in [0.1, 0.15) is 22.8 Å². The third kappa shape index (κ3) is 5.07. The van der Waals surface area contributed by atoms with Crippen molar-refractivity contribution in [2.24, 2.45) is 0 Å². The molecule has 1 unspecified atom stereocenters. The van der Waals surface area contributed by atoms with E-state index in [4.69, 9.17) is 9.47 Å². The van der Waals surface area contributed by atoms with Gasteiger partial charge in [-0.1, -0.05) is 42.5 Å². The van der Waals surface area contributed by atoms with Crippen LogP contribution in [0.5, 0.6) is 5.75 Å². The minimum absolute atomic E-state index is 0.210. The first-order valence-corrected chi connectivity index (χ1v) is 8.33. The summed E-state index contributed by atoms with van der Waals surface area (Å²) in [5.74, 6) is -0.738. The van der Waals surface area contributed by atoms with Crippen molar-refractivity contribution in [1.29, 1.82) is 0 Å². The van der Waals surface area contributed by atoms with E-state index in [0.717, 1.165) is 16.7 Å². The lowest BCUT2D eigenvalue weighted by atomic mass is 10.0. The van der Waals surface area contributed by atoms with Crippen molar-refractivity contribution in [3.05, 3.63) is 65.2 Å². The van der Waals surface area contributed by atoms with Crippen LogP contribution in [0.25, 0.3) is 0 Å². The summed E-state index contributed by atoms with van der Waals surface area (Å²) in [4.78, 5) is 24.1. The Morgan fingerprint density at radius 3 is 2.31 bits per heavy atom. The van der Waals surface area contributed by atoms with Gasteiger partial charge >= 0.3 is 11.8 Å². The Hall–Kier alpha value is -2.86. The highest BCUT2D eigenvalue weighted by molar-refractivity contribution is 6.35. The van der Waals surface area contributed by atoms with E-state index in [1.807, 2.05) is 49.4 Å². The number of amides is 2. The van der Waals surface area contributed by atoms with Gasteiger partial charge in [0.2, 0.25) is 0 Å². The molecule has 2 rings (SSSR count). The van der Waals surface area contributed by atoms with Crippen molar-refractivity contribution in [1.82, 2.24) is 10.6 Å². The zero-order chi connectivity index (χ0) is 18.9. The summed E-state index contributed by atoms with van der Waals surface area (Å²) in [6, 6.07) is 15.1. The van der Waals surface area contributed by atoms with Gasteiger partial charge < -0.3 is 20.1 Å². The van der Waals surface area contributed by atoms with E-state index in [2.05, 4.69) is 10.6 Å². The van der Waals surface area contributed by atoms with Gasteiger partial charge in [0.05, 0.1) is 13.2 Å². The van der Waals surface area contributed by atoms with Crippen LogP contribution in [0.15, 0.2) is 48.5 Å². The van der Waals surface area contributed by atoms with Crippen molar-refractivity contribution in [2.45, 2.75) is 19.6 Å². The van der Waals surface area contributed by atoms with E-state index in [1.165, 1.54) is 0 Å². The summed E-state index contributed by atoms with van der Waals surface area (Å²) in [5, 5.41) is 5.21. The predicted molar refractivity (Wildman–Crippen MR) is 98.8 cm³/mol. The molecule has 0 aliphatic carbocycles. The lowest BCUT2D eigenvalue weighted by molar-refractivity contribution is -0.139. The van der Waals surface area contributed by atoms with Gasteiger partial charge in [0.25, 0.3) is 0 Å². The van der Waals surface area contributed by atoms with Gasteiger partial charge in [-0.05, 0) is 24.1 Å². The van der Waals surface area contributed by atoms with Crippen molar-refractivity contribution >= 4 is 11.8 Å². The maximum Gasteiger partial charge on any atom is 0.309 e. The first-order chi connectivity index (χ1) is 12.6. The number of ether oxygens (including phenoxy) is 2. The molecule has 0 aromatic heterocycles. The molecule has 0 aliphatic heterocycles. The molecule has 2 amide bonds. The summed E-state index contributed by atoms with van der Waals surface area (Å²) in [6.45, 7) is 2.40. The van der Waals surface area contributed by atoms with E-state index < -0.39 is 11.8 Å². The van der Waals surface area contributed by atoms with Crippen LogP contribution < -0.4 is 15.4 Å². The average Bonchev–Trinajstić information content (AvgIpc) is 2.67. The third-order valence-electron chi connectivity index (χ3n) is 4.11. The van der Waals surface area contributed by atoms with Crippen molar-refractivity contribution in [2.75, 3.05) is 20.8 Å². The van der Waals surface area contributed by atoms with E-state index in [9.17, 15) is 9.59 Å². The molecule has 1 atom stereocenters. The summed E-state index contributed by atoms with van der Waals surface area (Å²) in [6.07, 6.45) is -0.317. The molecule has 6 heteroatoms. The van der Waals surface area contributed by atoms with Crippen LogP contribution in [0, 0.1) is 6.92 Å². The molecule has 0 heterocycles. The van der Waals surface area contributed by atoms with Crippen molar-refractivity contribution in [3.8, 4) is 5.75 Å². The number of aryl methyl sites for hydroxylation is 1. The van der Waals surface area contributed by atoms with Gasteiger partial charge in [-0.15, -0.1) is 0 Å². The Morgan fingerprint density at radius 2 is 1.62 bits per heavy atom. The Labute approximate surface area is 153 Å². The molecular formula is C20H24N2O4. The van der Waals surface area contributed by atoms with Gasteiger partial charge in [0.15, 0.2) is 0 Å². The third-order valence-corrected chi connectivity index (χ3v) is 4.11. The highest BCUT2D eigenvalue weighted by atomic mass is 16.5. The van der Waals surface area contributed by atoms with Crippen molar-refractivity contribution in [3.63, 3.8) is 0 Å². The molecule has 2 N–H and O–H groups in total. The number of methoxy groups -OCH3 is 2. The maximum absolute atomic E-state index is 12.0. The monoisotopic (exact) mass is 356 g/mol. The topological polar surface area (TPSA) is 76.7 Å². The molecule has 6 nitrogen and oxygen atoms in total. The molecule has 0 aliphatic rings. The average molecular weight is 356 g/mol.